The van der Waals surface area contributed by atoms with Gasteiger partial charge in [0, 0.05) is 0 Å². The van der Waals surface area contributed by atoms with Gasteiger partial charge in [-0.1, -0.05) is 70.4 Å². The van der Waals surface area contributed by atoms with Crippen molar-refractivity contribution in [2.24, 2.45) is 23.7 Å². The van der Waals surface area contributed by atoms with Gasteiger partial charge in [-0.2, -0.15) is 8.78 Å². The second-order valence-electron chi connectivity index (χ2n) is 9.62. The molecule has 0 aromatic heterocycles. The monoisotopic (exact) mass is 406 g/mol. The SMILES string of the molecule is CCCCCC1CCC(C2CCC(CCc3ccc(OC(F)F)cc3)CC2)CC1. The number of unbranched alkanes of at least 4 members (excludes halogenated alkanes) is 2. The van der Waals surface area contributed by atoms with Gasteiger partial charge in [0.05, 0.1) is 0 Å². The van der Waals surface area contributed by atoms with Crippen molar-refractivity contribution in [3.05, 3.63) is 29.8 Å². The molecule has 164 valence electrons. The normalized spacial score (nSPS) is 27.9. The van der Waals surface area contributed by atoms with Crippen molar-refractivity contribution in [2.75, 3.05) is 0 Å². The molecule has 2 aliphatic carbocycles. The van der Waals surface area contributed by atoms with Crippen molar-refractivity contribution in [3.63, 3.8) is 0 Å². The topological polar surface area (TPSA) is 9.23 Å². The van der Waals surface area contributed by atoms with E-state index in [-0.39, 0.29) is 5.75 Å². The molecular formula is C26H40F2O. The van der Waals surface area contributed by atoms with Gasteiger partial charge in [0.1, 0.15) is 5.75 Å². The highest BCUT2D eigenvalue weighted by molar-refractivity contribution is 5.27. The van der Waals surface area contributed by atoms with Gasteiger partial charge in [-0.3, -0.25) is 0 Å². The van der Waals surface area contributed by atoms with E-state index >= 15 is 0 Å². The highest BCUT2D eigenvalue weighted by atomic mass is 19.3. The lowest BCUT2D eigenvalue weighted by molar-refractivity contribution is -0.0498. The Balaban J connectivity index is 1.31. The lowest BCUT2D eigenvalue weighted by Gasteiger charge is -2.38. The average Bonchev–Trinajstić information content (AvgIpc) is 2.74. The standard InChI is InChI=1S/C26H40F2O/c1-2-3-4-5-20-8-14-23(15-9-20)24-16-10-21(11-17-24)6-7-22-12-18-25(19-13-22)29-26(27)28/h12-13,18-21,23-24,26H,2-11,14-17H2,1H3. The Hall–Kier alpha value is -1.12. The molecule has 1 nitrogen and oxygen atoms in total. The highest BCUT2D eigenvalue weighted by Gasteiger charge is 2.30. The summed E-state index contributed by atoms with van der Waals surface area (Å²) in [7, 11) is 0. The molecule has 0 amide bonds. The van der Waals surface area contributed by atoms with Crippen LogP contribution in [0.3, 0.4) is 0 Å². The highest BCUT2D eigenvalue weighted by Crippen LogP contribution is 2.43. The first-order valence-corrected chi connectivity index (χ1v) is 12.2. The summed E-state index contributed by atoms with van der Waals surface area (Å²) in [6.45, 7) is -0.443. The van der Waals surface area contributed by atoms with Crippen LogP contribution in [0.4, 0.5) is 8.78 Å². The van der Waals surface area contributed by atoms with Gasteiger partial charge in [0.25, 0.3) is 0 Å². The van der Waals surface area contributed by atoms with E-state index in [0.717, 1.165) is 30.1 Å². The minimum atomic E-state index is -2.74. The quantitative estimate of drug-likeness (QED) is 0.354. The molecule has 0 aliphatic heterocycles. The van der Waals surface area contributed by atoms with Crippen molar-refractivity contribution in [2.45, 2.75) is 103 Å². The third-order valence-electron chi connectivity index (χ3n) is 7.66. The zero-order valence-electron chi connectivity index (χ0n) is 18.3. The Morgan fingerprint density at radius 1 is 0.793 bits per heavy atom. The number of benzene rings is 1. The van der Waals surface area contributed by atoms with Crippen LogP contribution in [0.15, 0.2) is 24.3 Å². The second-order valence-corrected chi connectivity index (χ2v) is 9.62. The fourth-order valence-electron chi connectivity index (χ4n) is 5.79. The van der Waals surface area contributed by atoms with Crippen LogP contribution in [0.5, 0.6) is 5.75 Å². The molecule has 0 spiro atoms. The van der Waals surface area contributed by atoms with E-state index in [4.69, 9.17) is 0 Å². The van der Waals surface area contributed by atoms with Gasteiger partial charge < -0.3 is 4.74 Å². The van der Waals surface area contributed by atoms with Gasteiger partial charge in [0.2, 0.25) is 0 Å². The Kier molecular flexibility index (Phi) is 9.27. The number of hydrogen-bond acceptors (Lipinski definition) is 1. The van der Waals surface area contributed by atoms with E-state index < -0.39 is 6.61 Å². The predicted molar refractivity (Wildman–Crippen MR) is 116 cm³/mol. The second kappa shape index (κ2) is 11.9. The number of aryl methyl sites for hydroxylation is 1. The molecule has 2 saturated carbocycles. The molecule has 0 saturated heterocycles. The van der Waals surface area contributed by atoms with Crippen molar-refractivity contribution < 1.29 is 13.5 Å². The van der Waals surface area contributed by atoms with Crippen LogP contribution in [0.25, 0.3) is 0 Å². The number of hydrogen-bond donors (Lipinski definition) is 0. The molecular weight excluding hydrogens is 366 g/mol. The molecule has 2 fully saturated rings. The molecule has 0 radical (unpaired) electrons. The zero-order valence-corrected chi connectivity index (χ0v) is 18.3. The van der Waals surface area contributed by atoms with Crippen LogP contribution in [0.1, 0.15) is 96.0 Å². The van der Waals surface area contributed by atoms with Gasteiger partial charge >= 0.3 is 6.61 Å². The minimum absolute atomic E-state index is 0.254. The van der Waals surface area contributed by atoms with E-state index in [9.17, 15) is 8.78 Å². The van der Waals surface area contributed by atoms with Crippen molar-refractivity contribution >= 4 is 0 Å². The molecule has 0 atom stereocenters. The van der Waals surface area contributed by atoms with E-state index in [1.807, 2.05) is 12.1 Å². The van der Waals surface area contributed by atoms with Gasteiger partial charge in [-0.05, 0) is 79.9 Å². The van der Waals surface area contributed by atoms with Crippen LogP contribution >= 0.6 is 0 Å². The fraction of sp³-hybridized carbons (Fsp3) is 0.769. The first-order chi connectivity index (χ1) is 14.1. The van der Waals surface area contributed by atoms with Gasteiger partial charge in [-0.25, -0.2) is 0 Å². The molecule has 3 heteroatoms. The Morgan fingerprint density at radius 2 is 1.34 bits per heavy atom. The molecule has 0 bridgehead atoms. The summed E-state index contributed by atoms with van der Waals surface area (Å²) in [6, 6.07) is 7.19. The van der Waals surface area contributed by atoms with Crippen molar-refractivity contribution in [3.8, 4) is 5.75 Å². The first-order valence-electron chi connectivity index (χ1n) is 12.2. The summed E-state index contributed by atoms with van der Waals surface area (Å²) in [5, 5.41) is 0. The summed E-state index contributed by atoms with van der Waals surface area (Å²) in [5.41, 5.74) is 1.23. The predicted octanol–water partition coefficient (Wildman–Crippen LogP) is 8.41. The zero-order chi connectivity index (χ0) is 20.5. The van der Waals surface area contributed by atoms with Crippen LogP contribution in [0, 0.1) is 23.7 Å². The maximum Gasteiger partial charge on any atom is 0.387 e. The molecule has 0 unspecified atom stereocenters. The maximum atomic E-state index is 12.2. The van der Waals surface area contributed by atoms with Crippen LogP contribution in [-0.4, -0.2) is 6.61 Å². The van der Waals surface area contributed by atoms with Crippen molar-refractivity contribution in [1.29, 1.82) is 0 Å². The lowest BCUT2D eigenvalue weighted by Crippen LogP contribution is -2.26. The minimum Gasteiger partial charge on any atom is -0.435 e. The number of alkyl halides is 2. The molecule has 0 heterocycles. The molecule has 1 aromatic rings. The summed E-state index contributed by atoms with van der Waals surface area (Å²) in [4.78, 5) is 0. The van der Waals surface area contributed by atoms with E-state index in [0.29, 0.717) is 0 Å². The molecule has 3 rings (SSSR count). The summed E-state index contributed by atoms with van der Waals surface area (Å²) in [6.07, 6.45) is 19.5. The number of rotatable bonds is 10. The Bertz CT molecular complexity index is 555. The smallest absolute Gasteiger partial charge is 0.387 e. The summed E-state index contributed by atoms with van der Waals surface area (Å²) >= 11 is 0. The van der Waals surface area contributed by atoms with E-state index in [1.54, 1.807) is 12.1 Å². The molecule has 29 heavy (non-hydrogen) atoms. The molecule has 0 N–H and O–H groups in total. The Labute approximate surface area is 176 Å². The largest absolute Gasteiger partial charge is 0.435 e. The van der Waals surface area contributed by atoms with Gasteiger partial charge in [-0.15, -0.1) is 0 Å². The third kappa shape index (κ3) is 7.57. The van der Waals surface area contributed by atoms with Crippen molar-refractivity contribution in [1.82, 2.24) is 0 Å². The molecule has 2 aliphatic rings. The summed E-state index contributed by atoms with van der Waals surface area (Å²) in [5.74, 6) is 4.10. The third-order valence-corrected chi connectivity index (χ3v) is 7.66. The fourth-order valence-corrected chi connectivity index (χ4v) is 5.79. The Morgan fingerprint density at radius 3 is 1.86 bits per heavy atom. The van der Waals surface area contributed by atoms with E-state index in [1.165, 1.54) is 89.0 Å². The number of ether oxygens (including phenoxy) is 1. The first kappa shape index (κ1) is 22.6. The summed E-state index contributed by atoms with van der Waals surface area (Å²) < 4.78 is 28.9. The van der Waals surface area contributed by atoms with Gasteiger partial charge in [0.15, 0.2) is 0 Å². The molecule has 1 aromatic carbocycles. The average molecular weight is 407 g/mol. The van der Waals surface area contributed by atoms with Crippen LogP contribution < -0.4 is 4.74 Å². The lowest BCUT2D eigenvalue weighted by atomic mass is 9.68. The maximum absolute atomic E-state index is 12.2. The van der Waals surface area contributed by atoms with Crippen LogP contribution in [-0.2, 0) is 6.42 Å². The number of halogens is 2. The van der Waals surface area contributed by atoms with Crippen LogP contribution in [0.2, 0.25) is 0 Å². The van der Waals surface area contributed by atoms with E-state index in [2.05, 4.69) is 11.7 Å².